The van der Waals surface area contributed by atoms with E-state index in [1.54, 1.807) is 0 Å². The first-order valence-corrected chi connectivity index (χ1v) is 15.3. The lowest BCUT2D eigenvalue weighted by Gasteiger charge is -2.10. The molecule has 4 rings (SSSR count). The molecule has 0 saturated carbocycles. The van der Waals surface area contributed by atoms with Gasteiger partial charge in [0.1, 0.15) is 17.2 Å². The zero-order valence-electron chi connectivity index (χ0n) is 24.4. The van der Waals surface area contributed by atoms with Crippen LogP contribution >= 0.6 is 0 Å². The summed E-state index contributed by atoms with van der Waals surface area (Å²) in [7, 11) is 0. The summed E-state index contributed by atoms with van der Waals surface area (Å²) in [4.78, 5) is 0. The number of fused-ring (bicyclic) bond motifs is 1. The predicted octanol–water partition coefficient (Wildman–Crippen LogP) is 10.1. The van der Waals surface area contributed by atoms with Crippen molar-refractivity contribution in [3.05, 3.63) is 90.5 Å². The first-order valence-electron chi connectivity index (χ1n) is 15.3. The van der Waals surface area contributed by atoms with Gasteiger partial charge in [0.2, 0.25) is 0 Å². The van der Waals surface area contributed by atoms with Crippen LogP contribution in [-0.4, -0.2) is 19.8 Å². The molecule has 0 radical (unpaired) electrons. The molecular formula is C37H43NO3. The van der Waals surface area contributed by atoms with Gasteiger partial charge in [-0.15, -0.1) is 0 Å². The number of rotatable bonds is 18. The molecule has 4 aromatic carbocycles. The Morgan fingerprint density at radius 2 is 0.902 bits per heavy atom. The molecule has 0 atom stereocenters. The topological polar surface area (TPSA) is 51.5 Å². The van der Waals surface area contributed by atoms with E-state index in [0.717, 1.165) is 67.5 Å². The van der Waals surface area contributed by atoms with Gasteiger partial charge in [0, 0.05) is 0 Å². The van der Waals surface area contributed by atoms with E-state index in [-0.39, 0.29) is 0 Å². The maximum absolute atomic E-state index is 8.95. The van der Waals surface area contributed by atoms with E-state index < -0.39 is 0 Å². The molecule has 4 aromatic rings. The van der Waals surface area contributed by atoms with Gasteiger partial charge in [-0.25, -0.2) is 0 Å². The van der Waals surface area contributed by atoms with Crippen LogP contribution in [0.25, 0.3) is 21.9 Å². The molecule has 4 heteroatoms. The van der Waals surface area contributed by atoms with Gasteiger partial charge in [0.05, 0.1) is 31.5 Å². The Balaban J connectivity index is 1.04. The lowest BCUT2D eigenvalue weighted by Crippen LogP contribution is -1.99. The summed E-state index contributed by atoms with van der Waals surface area (Å²) in [5, 5.41) is 11.3. The Morgan fingerprint density at radius 1 is 0.488 bits per heavy atom. The molecule has 0 heterocycles. The van der Waals surface area contributed by atoms with Crippen molar-refractivity contribution >= 4 is 10.8 Å². The normalized spacial score (nSPS) is 10.8. The highest BCUT2D eigenvalue weighted by atomic mass is 16.5. The maximum atomic E-state index is 8.95. The maximum Gasteiger partial charge on any atom is 0.119 e. The number of nitriles is 1. The molecule has 0 aliphatic carbocycles. The fraction of sp³-hybridized carbons (Fsp3) is 0.378. The summed E-state index contributed by atoms with van der Waals surface area (Å²) in [5.41, 5.74) is 2.90. The van der Waals surface area contributed by atoms with Crippen LogP contribution in [0.15, 0.2) is 84.9 Å². The van der Waals surface area contributed by atoms with Crippen LogP contribution in [0.3, 0.4) is 0 Å². The number of unbranched alkanes of at least 4 members (excludes halogenated alkanes) is 8. The molecule has 41 heavy (non-hydrogen) atoms. The fourth-order valence-electron chi connectivity index (χ4n) is 4.87. The standard InChI is InChI=1S/C37H43NO3/c1-2-3-4-9-25-40-36-22-18-34-28-37(23-19-33(34)27-36)41-26-11-8-6-5-7-10-24-39-35-20-16-32(17-21-35)31-14-12-30(29-38)13-15-31/h12-23,27-28H,2-11,24-26H2,1H3. The number of ether oxygens (including phenoxy) is 3. The highest BCUT2D eigenvalue weighted by Gasteiger charge is 2.03. The van der Waals surface area contributed by atoms with Crippen LogP contribution in [0.1, 0.15) is 76.7 Å². The minimum Gasteiger partial charge on any atom is -0.494 e. The highest BCUT2D eigenvalue weighted by Crippen LogP contribution is 2.26. The molecular weight excluding hydrogens is 506 g/mol. The van der Waals surface area contributed by atoms with Crippen molar-refractivity contribution in [2.45, 2.75) is 71.1 Å². The number of benzene rings is 4. The highest BCUT2D eigenvalue weighted by molar-refractivity contribution is 5.85. The average molecular weight is 550 g/mol. The zero-order valence-corrected chi connectivity index (χ0v) is 24.4. The molecule has 0 N–H and O–H groups in total. The van der Waals surface area contributed by atoms with Crippen LogP contribution < -0.4 is 14.2 Å². The van der Waals surface area contributed by atoms with Gasteiger partial charge < -0.3 is 14.2 Å². The van der Waals surface area contributed by atoms with Gasteiger partial charge in [-0.2, -0.15) is 5.26 Å². The van der Waals surface area contributed by atoms with Crippen LogP contribution in [0, 0.1) is 11.3 Å². The summed E-state index contributed by atoms with van der Waals surface area (Å²) in [5.74, 6) is 2.79. The van der Waals surface area contributed by atoms with E-state index >= 15 is 0 Å². The SMILES string of the molecule is CCCCCCOc1ccc2cc(OCCCCCCCCOc3ccc(-c4ccc(C#N)cc4)cc3)ccc2c1. The van der Waals surface area contributed by atoms with Gasteiger partial charge in [-0.1, -0.05) is 88.3 Å². The molecule has 0 aliphatic rings. The second-order valence-electron chi connectivity index (χ2n) is 10.6. The third-order valence-corrected chi connectivity index (χ3v) is 7.33. The Kier molecular flexibility index (Phi) is 12.4. The second-order valence-corrected chi connectivity index (χ2v) is 10.6. The van der Waals surface area contributed by atoms with E-state index in [4.69, 9.17) is 19.5 Å². The molecule has 0 saturated heterocycles. The van der Waals surface area contributed by atoms with Crippen molar-refractivity contribution in [3.8, 4) is 34.4 Å². The number of hydrogen-bond donors (Lipinski definition) is 0. The third kappa shape index (κ3) is 10.2. The lowest BCUT2D eigenvalue weighted by molar-refractivity contribution is 0.297. The minimum atomic E-state index is 0.677. The van der Waals surface area contributed by atoms with E-state index in [1.807, 2.05) is 36.4 Å². The molecule has 0 bridgehead atoms. The second kappa shape index (κ2) is 17.0. The molecule has 0 aromatic heterocycles. The molecule has 0 amide bonds. The van der Waals surface area contributed by atoms with E-state index in [0.29, 0.717) is 5.56 Å². The van der Waals surface area contributed by atoms with Crippen molar-refractivity contribution in [2.75, 3.05) is 19.8 Å². The van der Waals surface area contributed by atoms with Crippen LogP contribution in [-0.2, 0) is 0 Å². The van der Waals surface area contributed by atoms with Gasteiger partial charge in [-0.3, -0.25) is 0 Å². The zero-order chi connectivity index (χ0) is 28.5. The summed E-state index contributed by atoms with van der Waals surface area (Å²) in [6.07, 6.45) is 11.8. The van der Waals surface area contributed by atoms with E-state index in [1.165, 1.54) is 55.7 Å². The first kappa shape index (κ1) is 30.0. The van der Waals surface area contributed by atoms with Gasteiger partial charge in [0.25, 0.3) is 0 Å². The molecule has 0 fully saturated rings. The molecule has 0 aliphatic heterocycles. The van der Waals surface area contributed by atoms with Crippen LogP contribution in [0.5, 0.6) is 17.2 Å². The van der Waals surface area contributed by atoms with Crippen molar-refractivity contribution in [1.82, 2.24) is 0 Å². The third-order valence-electron chi connectivity index (χ3n) is 7.33. The van der Waals surface area contributed by atoms with Crippen LogP contribution in [0.2, 0.25) is 0 Å². The van der Waals surface area contributed by atoms with Gasteiger partial charge >= 0.3 is 0 Å². The molecule has 214 valence electrons. The Morgan fingerprint density at radius 3 is 1.39 bits per heavy atom. The first-order chi connectivity index (χ1) is 20.2. The van der Waals surface area contributed by atoms with E-state index in [2.05, 4.69) is 61.5 Å². The fourth-order valence-corrected chi connectivity index (χ4v) is 4.87. The minimum absolute atomic E-state index is 0.677. The molecule has 0 spiro atoms. The van der Waals surface area contributed by atoms with Crippen molar-refractivity contribution in [2.24, 2.45) is 0 Å². The van der Waals surface area contributed by atoms with Gasteiger partial charge in [-0.05, 0) is 89.7 Å². The quantitative estimate of drug-likeness (QED) is 0.116. The lowest BCUT2D eigenvalue weighted by atomic mass is 10.0. The molecule has 4 nitrogen and oxygen atoms in total. The smallest absolute Gasteiger partial charge is 0.119 e. The summed E-state index contributed by atoms with van der Waals surface area (Å²) >= 11 is 0. The number of hydrogen-bond acceptors (Lipinski definition) is 4. The Hall–Kier alpha value is -3.97. The van der Waals surface area contributed by atoms with Gasteiger partial charge in [0.15, 0.2) is 0 Å². The van der Waals surface area contributed by atoms with Crippen molar-refractivity contribution in [1.29, 1.82) is 5.26 Å². The van der Waals surface area contributed by atoms with Crippen molar-refractivity contribution in [3.63, 3.8) is 0 Å². The Bertz CT molecular complexity index is 1360. The largest absolute Gasteiger partial charge is 0.494 e. The van der Waals surface area contributed by atoms with Crippen LogP contribution in [0.4, 0.5) is 0 Å². The van der Waals surface area contributed by atoms with E-state index in [9.17, 15) is 0 Å². The summed E-state index contributed by atoms with van der Waals surface area (Å²) in [6, 6.07) is 30.6. The Labute approximate surface area is 245 Å². The average Bonchev–Trinajstić information content (AvgIpc) is 3.02. The molecule has 0 unspecified atom stereocenters. The summed E-state index contributed by atoms with van der Waals surface area (Å²) in [6.45, 7) is 4.52. The predicted molar refractivity (Wildman–Crippen MR) is 169 cm³/mol. The summed E-state index contributed by atoms with van der Waals surface area (Å²) < 4.78 is 17.9. The van der Waals surface area contributed by atoms with Crippen molar-refractivity contribution < 1.29 is 14.2 Å². The number of nitrogens with zero attached hydrogens (tertiary/aromatic N) is 1. The monoisotopic (exact) mass is 549 g/mol.